The lowest BCUT2D eigenvalue weighted by atomic mass is 10.3. The monoisotopic (exact) mass is 148 g/mol. The van der Waals surface area contributed by atoms with Crippen molar-refractivity contribution in [2.45, 2.75) is 20.8 Å². The highest BCUT2D eigenvalue weighted by molar-refractivity contribution is 6.02. The molecule has 11 heavy (non-hydrogen) atoms. The predicted octanol–water partition coefficient (Wildman–Crippen LogP) is 2.02. The van der Waals surface area contributed by atoms with Crippen LogP contribution in [-0.2, 0) is 0 Å². The average molecular weight is 148 g/mol. The minimum atomic E-state index is 0.105. The zero-order chi connectivity index (χ0) is 8.69. The maximum atomic E-state index is 7.16. The Kier molecular flexibility index (Phi) is 4.76. The number of aliphatic imine (C=N–C) groups is 1. The number of hydrogen-bond donors (Lipinski definition) is 1. The lowest BCUT2D eigenvalue weighted by Gasteiger charge is -1.85. The van der Waals surface area contributed by atoms with Gasteiger partial charge in [0.05, 0.1) is 0 Å². The molecule has 2 heteroatoms. The van der Waals surface area contributed by atoms with Crippen LogP contribution in [0.15, 0.2) is 16.6 Å². The molecular formula is C9H12N2. The minimum absolute atomic E-state index is 0.105. The Bertz CT molecular complexity index is 248. The Labute approximate surface area is 67.5 Å². The third-order valence-electron chi connectivity index (χ3n) is 1.10. The molecule has 0 unspecified atom stereocenters. The van der Waals surface area contributed by atoms with Gasteiger partial charge in [-0.25, -0.2) is 4.99 Å². The maximum Gasteiger partial charge on any atom is 0.197 e. The highest BCUT2D eigenvalue weighted by atomic mass is 14.8. The summed E-state index contributed by atoms with van der Waals surface area (Å²) in [6.45, 7) is 5.54. The molecule has 0 spiro atoms. The highest BCUT2D eigenvalue weighted by Gasteiger charge is 1.82. The smallest absolute Gasteiger partial charge is 0.197 e. The summed E-state index contributed by atoms with van der Waals surface area (Å²) in [5.41, 5.74) is 1.03. The van der Waals surface area contributed by atoms with Crippen LogP contribution >= 0.6 is 0 Å². The van der Waals surface area contributed by atoms with Gasteiger partial charge in [0.25, 0.3) is 0 Å². The molecular weight excluding hydrogens is 136 g/mol. The van der Waals surface area contributed by atoms with Crippen LogP contribution in [-0.4, -0.2) is 12.1 Å². The van der Waals surface area contributed by atoms with E-state index in [1.165, 1.54) is 0 Å². The summed E-state index contributed by atoms with van der Waals surface area (Å²) < 4.78 is 0. The Balaban J connectivity index is 4.11. The summed E-state index contributed by atoms with van der Waals surface area (Å²) in [7, 11) is 0. The van der Waals surface area contributed by atoms with Crippen molar-refractivity contribution in [1.82, 2.24) is 0 Å². The number of amidine groups is 1. The molecule has 0 saturated carbocycles. The van der Waals surface area contributed by atoms with Gasteiger partial charge in [0, 0.05) is 6.21 Å². The number of rotatable bonds is 1. The van der Waals surface area contributed by atoms with Crippen molar-refractivity contribution >= 4 is 12.1 Å². The quantitative estimate of drug-likeness (QED) is 0.335. The Hall–Kier alpha value is -1.36. The molecule has 0 aromatic carbocycles. The van der Waals surface area contributed by atoms with E-state index in [4.69, 9.17) is 5.41 Å². The zero-order valence-electron chi connectivity index (χ0n) is 7.10. The molecule has 0 amide bonds. The van der Waals surface area contributed by atoms with Crippen LogP contribution in [0, 0.1) is 17.3 Å². The highest BCUT2D eigenvalue weighted by Crippen LogP contribution is 1.85. The van der Waals surface area contributed by atoms with Crippen LogP contribution in [0.2, 0.25) is 0 Å². The van der Waals surface area contributed by atoms with Crippen LogP contribution in [0.5, 0.6) is 0 Å². The van der Waals surface area contributed by atoms with E-state index in [2.05, 4.69) is 16.8 Å². The molecule has 0 aliphatic rings. The van der Waals surface area contributed by atoms with Gasteiger partial charge in [-0.3, -0.25) is 5.41 Å². The molecule has 0 heterocycles. The van der Waals surface area contributed by atoms with Gasteiger partial charge in [-0.2, -0.15) is 0 Å². The Morgan fingerprint density at radius 3 is 2.64 bits per heavy atom. The molecule has 0 radical (unpaired) electrons. The van der Waals surface area contributed by atoms with Crippen LogP contribution in [0.3, 0.4) is 0 Å². The summed E-state index contributed by atoms with van der Waals surface area (Å²) in [6.07, 6.45) is 3.56. The molecule has 58 valence electrons. The Morgan fingerprint density at radius 2 is 2.18 bits per heavy atom. The molecule has 0 aliphatic carbocycles. The fraction of sp³-hybridized carbons (Fsp3) is 0.333. The second kappa shape index (κ2) is 5.43. The first kappa shape index (κ1) is 9.64. The fourth-order valence-electron chi connectivity index (χ4n) is 0.392. The molecule has 0 aromatic heterocycles. The SMILES string of the molecule is CC#CC(=N)/N=C\C(C)=C/C. The van der Waals surface area contributed by atoms with Gasteiger partial charge in [0.2, 0.25) is 0 Å². The van der Waals surface area contributed by atoms with Crippen LogP contribution in [0.4, 0.5) is 0 Å². The zero-order valence-corrected chi connectivity index (χ0v) is 7.10. The van der Waals surface area contributed by atoms with Gasteiger partial charge in [0.1, 0.15) is 0 Å². The first-order valence-electron chi connectivity index (χ1n) is 3.39. The lowest BCUT2D eigenvalue weighted by molar-refractivity contribution is 1.46. The molecule has 0 saturated heterocycles. The van der Waals surface area contributed by atoms with E-state index >= 15 is 0 Å². The van der Waals surface area contributed by atoms with E-state index in [0.717, 1.165) is 5.57 Å². The van der Waals surface area contributed by atoms with Crippen molar-refractivity contribution < 1.29 is 0 Å². The lowest BCUT2D eigenvalue weighted by Crippen LogP contribution is -1.87. The molecule has 0 rings (SSSR count). The van der Waals surface area contributed by atoms with E-state index in [9.17, 15) is 0 Å². The van der Waals surface area contributed by atoms with Crippen molar-refractivity contribution in [2.24, 2.45) is 4.99 Å². The van der Waals surface area contributed by atoms with Gasteiger partial charge in [0.15, 0.2) is 5.84 Å². The van der Waals surface area contributed by atoms with Crippen molar-refractivity contribution in [3.8, 4) is 11.8 Å². The molecule has 2 nitrogen and oxygen atoms in total. The predicted molar refractivity (Wildman–Crippen MR) is 49.1 cm³/mol. The van der Waals surface area contributed by atoms with E-state index in [1.54, 1.807) is 13.1 Å². The van der Waals surface area contributed by atoms with Crippen LogP contribution in [0.1, 0.15) is 20.8 Å². The van der Waals surface area contributed by atoms with Crippen LogP contribution < -0.4 is 0 Å². The van der Waals surface area contributed by atoms with Gasteiger partial charge < -0.3 is 0 Å². The van der Waals surface area contributed by atoms with E-state index < -0.39 is 0 Å². The van der Waals surface area contributed by atoms with E-state index in [0.29, 0.717) is 0 Å². The van der Waals surface area contributed by atoms with Gasteiger partial charge in [-0.05, 0) is 32.3 Å². The number of nitrogens with zero attached hydrogens (tertiary/aromatic N) is 1. The third kappa shape index (κ3) is 5.10. The summed E-state index contributed by atoms with van der Waals surface area (Å²) in [5, 5.41) is 7.16. The summed E-state index contributed by atoms with van der Waals surface area (Å²) in [6, 6.07) is 0. The third-order valence-corrected chi connectivity index (χ3v) is 1.10. The molecule has 0 aliphatic heterocycles. The molecule has 0 bridgehead atoms. The van der Waals surface area contributed by atoms with E-state index in [1.807, 2.05) is 19.9 Å². The van der Waals surface area contributed by atoms with Gasteiger partial charge in [-0.1, -0.05) is 12.0 Å². The first-order chi connectivity index (χ1) is 5.20. The average Bonchev–Trinajstić information content (AvgIpc) is 2.01. The Morgan fingerprint density at radius 1 is 1.55 bits per heavy atom. The summed E-state index contributed by atoms with van der Waals surface area (Å²) >= 11 is 0. The van der Waals surface area contributed by atoms with Crippen molar-refractivity contribution in [3.05, 3.63) is 11.6 Å². The van der Waals surface area contributed by atoms with Gasteiger partial charge >= 0.3 is 0 Å². The second-order valence-electron chi connectivity index (χ2n) is 2.01. The number of nitrogens with one attached hydrogen (secondary N) is 1. The summed E-state index contributed by atoms with van der Waals surface area (Å²) in [4.78, 5) is 3.80. The largest absolute Gasteiger partial charge is 0.275 e. The van der Waals surface area contributed by atoms with Crippen molar-refractivity contribution in [3.63, 3.8) is 0 Å². The number of allylic oxidation sites excluding steroid dienone is 2. The molecule has 0 atom stereocenters. The maximum absolute atomic E-state index is 7.16. The van der Waals surface area contributed by atoms with Crippen molar-refractivity contribution in [2.75, 3.05) is 0 Å². The molecule has 0 aromatic rings. The normalized spacial score (nSPS) is 11.0. The molecule has 1 N–H and O–H groups in total. The molecule has 0 fully saturated rings. The minimum Gasteiger partial charge on any atom is -0.275 e. The first-order valence-corrected chi connectivity index (χ1v) is 3.39. The fourth-order valence-corrected chi connectivity index (χ4v) is 0.392. The van der Waals surface area contributed by atoms with Gasteiger partial charge in [-0.15, -0.1) is 0 Å². The van der Waals surface area contributed by atoms with Crippen LogP contribution in [0.25, 0.3) is 0 Å². The summed E-state index contributed by atoms with van der Waals surface area (Å²) in [5.74, 6) is 5.24. The second-order valence-corrected chi connectivity index (χ2v) is 2.01. The van der Waals surface area contributed by atoms with E-state index in [-0.39, 0.29) is 5.84 Å². The topological polar surface area (TPSA) is 36.2 Å². The van der Waals surface area contributed by atoms with Crippen molar-refractivity contribution in [1.29, 1.82) is 5.41 Å². The number of hydrogen-bond acceptors (Lipinski definition) is 1. The standard InChI is InChI=1S/C9H12N2/c1-4-6-9(10)11-7-8(3)5-2/h5,7,10H,1-3H3/b8-5-,10-9?,11-7-.